The molecule has 0 atom stereocenters. The highest BCUT2D eigenvalue weighted by Crippen LogP contribution is 2.24. The average molecular weight is 293 g/mol. The lowest BCUT2D eigenvalue weighted by molar-refractivity contribution is 0.102. The number of carbonyl (C=O) groups is 1. The van der Waals surface area contributed by atoms with Crippen LogP contribution in [0.1, 0.15) is 10.4 Å². The Hall–Kier alpha value is -1.65. The number of hydrogen-bond donors (Lipinski definition) is 2. The predicted molar refractivity (Wildman–Crippen MR) is 82.0 cm³/mol. The summed E-state index contributed by atoms with van der Waals surface area (Å²) in [5.41, 5.74) is 7.30. The Morgan fingerprint density at radius 1 is 1.21 bits per heavy atom. The minimum Gasteiger partial charge on any atom is -0.399 e. The van der Waals surface area contributed by atoms with Gasteiger partial charge in [0.15, 0.2) is 0 Å². The van der Waals surface area contributed by atoms with Gasteiger partial charge in [-0.2, -0.15) is 0 Å². The molecule has 0 aromatic heterocycles. The van der Waals surface area contributed by atoms with Crippen molar-refractivity contribution in [1.29, 1.82) is 0 Å². The van der Waals surface area contributed by atoms with E-state index in [0.717, 1.165) is 4.90 Å². The second kappa shape index (κ2) is 5.99. The normalized spacial score (nSPS) is 10.2. The number of halogens is 1. The Kier molecular flexibility index (Phi) is 4.35. The van der Waals surface area contributed by atoms with Crippen molar-refractivity contribution in [3.8, 4) is 0 Å². The summed E-state index contributed by atoms with van der Waals surface area (Å²) in [4.78, 5) is 13.2. The van der Waals surface area contributed by atoms with Gasteiger partial charge in [-0.15, -0.1) is 11.8 Å². The molecule has 0 aliphatic heterocycles. The zero-order valence-corrected chi connectivity index (χ0v) is 11.9. The van der Waals surface area contributed by atoms with E-state index in [2.05, 4.69) is 5.32 Å². The lowest BCUT2D eigenvalue weighted by Crippen LogP contribution is -2.12. The van der Waals surface area contributed by atoms with Crippen LogP contribution in [0.25, 0.3) is 0 Å². The van der Waals surface area contributed by atoms with Gasteiger partial charge < -0.3 is 11.1 Å². The van der Waals surface area contributed by atoms with E-state index in [-0.39, 0.29) is 5.91 Å². The van der Waals surface area contributed by atoms with Crippen LogP contribution in [0.3, 0.4) is 0 Å². The molecule has 0 aliphatic rings. The van der Waals surface area contributed by atoms with E-state index in [1.807, 2.05) is 18.4 Å². The van der Waals surface area contributed by atoms with Crippen LogP contribution in [0.2, 0.25) is 5.02 Å². The molecule has 2 aromatic rings. The lowest BCUT2D eigenvalue weighted by Gasteiger charge is -2.08. The van der Waals surface area contributed by atoms with Crippen molar-refractivity contribution in [2.75, 3.05) is 17.3 Å². The Labute approximate surface area is 121 Å². The quantitative estimate of drug-likeness (QED) is 0.666. The number of nitrogen functional groups attached to an aromatic ring is 1. The van der Waals surface area contributed by atoms with Crippen molar-refractivity contribution in [2.24, 2.45) is 0 Å². The number of nitrogens with one attached hydrogen (secondary N) is 1. The molecule has 0 radical (unpaired) electrons. The van der Waals surface area contributed by atoms with Crippen molar-refractivity contribution in [2.45, 2.75) is 4.90 Å². The number of hydrogen-bond acceptors (Lipinski definition) is 3. The monoisotopic (exact) mass is 292 g/mol. The van der Waals surface area contributed by atoms with E-state index in [9.17, 15) is 4.79 Å². The van der Waals surface area contributed by atoms with E-state index < -0.39 is 0 Å². The third-order valence-corrected chi connectivity index (χ3v) is 3.65. The highest BCUT2D eigenvalue weighted by Gasteiger charge is 2.08. The fraction of sp³-hybridized carbons (Fsp3) is 0.0714. The Morgan fingerprint density at radius 3 is 2.47 bits per heavy atom. The molecule has 19 heavy (non-hydrogen) atoms. The summed E-state index contributed by atoms with van der Waals surface area (Å²) in [5, 5.41) is 3.18. The number of thioether (sulfide) groups is 1. The Morgan fingerprint density at radius 2 is 1.89 bits per heavy atom. The van der Waals surface area contributed by atoms with Gasteiger partial charge in [0.1, 0.15) is 0 Å². The van der Waals surface area contributed by atoms with Gasteiger partial charge in [0.2, 0.25) is 0 Å². The van der Waals surface area contributed by atoms with Gasteiger partial charge in [0.05, 0.1) is 10.7 Å². The van der Waals surface area contributed by atoms with E-state index in [1.54, 1.807) is 42.1 Å². The van der Waals surface area contributed by atoms with Crippen LogP contribution in [0.15, 0.2) is 47.4 Å². The summed E-state index contributed by atoms with van der Waals surface area (Å²) in [6.07, 6.45) is 1.99. The molecule has 0 fully saturated rings. The number of carbonyl (C=O) groups excluding carboxylic acids is 1. The Bertz CT molecular complexity index is 599. The molecule has 0 saturated heterocycles. The first-order valence-corrected chi connectivity index (χ1v) is 7.21. The molecule has 1 amide bonds. The molecule has 3 N–H and O–H groups in total. The van der Waals surface area contributed by atoms with Crippen LogP contribution >= 0.6 is 23.4 Å². The number of nitrogens with two attached hydrogens (primary N) is 1. The number of anilines is 2. The zero-order valence-electron chi connectivity index (χ0n) is 10.3. The standard InChI is InChI=1S/C14H13ClN2OS/c1-19-11-5-2-9(3-6-11)14(18)17-13-7-4-10(16)8-12(13)15/h2-8H,16H2,1H3,(H,17,18). The zero-order chi connectivity index (χ0) is 13.8. The summed E-state index contributed by atoms with van der Waals surface area (Å²) in [7, 11) is 0. The summed E-state index contributed by atoms with van der Waals surface area (Å²) < 4.78 is 0. The molecule has 0 saturated carbocycles. The molecular weight excluding hydrogens is 280 g/mol. The molecule has 5 heteroatoms. The predicted octanol–water partition coefficient (Wildman–Crippen LogP) is 3.90. The van der Waals surface area contributed by atoms with Crippen molar-refractivity contribution in [3.63, 3.8) is 0 Å². The summed E-state index contributed by atoms with van der Waals surface area (Å²) >= 11 is 7.64. The summed E-state index contributed by atoms with van der Waals surface area (Å²) in [6.45, 7) is 0. The SMILES string of the molecule is CSc1ccc(C(=O)Nc2ccc(N)cc2Cl)cc1. The summed E-state index contributed by atoms with van der Waals surface area (Å²) in [6, 6.07) is 12.4. The van der Waals surface area contributed by atoms with Crippen molar-refractivity contribution >= 4 is 40.6 Å². The molecular formula is C14H13ClN2OS. The molecule has 0 spiro atoms. The van der Waals surface area contributed by atoms with E-state index >= 15 is 0 Å². The highest BCUT2D eigenvalue weighted by atomic mass is 35.5. The maximum absolute atomic E-state index is 12.0. The minimum atomic E-state index is -0.195. The Balaban J connectivity index is 2.15. The topological polar surface area (TPSA) is 55.1 Å². The van der Waals surface area contributed by atoms with Gasteiger partial charge in [-0.25, -0.2) is 0 Å². The van der Waals surface area contributed by atoms with Crippen LogP contribution in [0.5, 0.6) is 0 Å². The van der Waals surface area contributed by atoms with Crippen LogP contribution in [0, 0.1) is 0 Å². The maximum atomic E-state index is 12.0. The van der Waals surface area contributed by atoms with Gasteiger partial charge >= 0.3 is 0 Å². The van der Waals surface area contributed by atoms with Gasteiger partial charge in [0, 0.05) is 16.1 Å². The van der Waals surface area contributed by atoms with Crippen LogP contribution in [0.4, 0.5) is 11.4 Å². The fourth-order valence-corrected chi connectivity index (χ4v) is 2.21. The van der Waals surface area contributed by atoms with Crippen molar-refractivity contribution in [3.05, 3.63) is 53.1 Å². The van der Waals surface area contributed by atoms with E-state index in [0.29, 0.717) is 22.0 Å². The molecule has 3 nitrogen and oxygen atoms in total. The first kappa shape index (κ1) is 13.8. The van der Waals surface area contributed by atoms with E-state index in [4.69, 9.17) is 17.3 Å². The molecule has 0 unspecified atom stereocenters. The number of amides is 1. The fourth-order valence-electron chi connectivity index (χ4n) is 1.57. The second-order valence-electron chi connectivity index (χ2n) is 3.92. The smallest absolute Gasteiger partial charge is 0.255 e. The average Bonchev–Trinajstić information content (AvgIpc) is 2.42. The van der Waals surface area contributed by atoms with Gasteiger partial charge in [-0.1, -0.05) is 11.6 Å². The van der Waals surface area contributed by atoms with Gasteiger partial charge in [0.25, 0.3) is 5.91 Å². The van der Waals surface area contributed by atoms with Crippen molar-refractivity contribution in [1.82, 2.24) is 0 Å². The molecule has 0 heterocycles. The molecule has 0 bridgehead atoms. The van der Waals surface area contributed by atoms with Crippen LogP contribution < -0.4 is 11.1 Å². The minimum absolute atomic E-state index is 0.195. The van der Waals surface area contributed by atoms with Gasteiger partial charge in [-0.05, 0) is 48.7 Å². The highest BCUT2D eigenvalue weighted by molar-refractivity contribution is 7.98. The summed E-state index contributed by atoms with van der Waals surface area (Å²) in [5.74, 6) is -0.195. The molecule has 0 aliphatic carbocycles. The van der Waals surface area contributed by atoms with E-state index in [1.165, 1.54) is 0 Å². The molecule has 98 valence electrons. The lowest BCUT2D eigenvalue weighted by atomic mass is 10.2. The first-order chi connectivity index (χ1) is 9.10. The maximum Gasteiger partial charge on any atom is 0.255 e. The second-order valence-corrected chi connectivity index (χ2v) is 5.21. The number of benzene rings is 2. The number of rotatable bonds is 3. The molecule has 2 rings (SSSR count). The largest absolute Gasteiger partial charge is 0.399 e. The van der Waals surface area contributed by atoms with Crippen LogP contribution in [-0.2, 0) is 0 Å². The van der Waals surface area contributed by atoms with Crippen LogP contribution in [-0.4, -0.2) is 12.2 Å². The van der Waals surface area contributed by atoms with Crippen molar-refractivity contribution < 1.29 is 4.79 Å². The molecule has 2 aromatic carbocycles. The van der Waals surface area contributed by atoms with Gasteiger partial charge in [-0.3, -0.25) is 4.79 Å². The first-order valence-electron chi connectivity index (χ1n) is 5.60. The third-order valence-electron chi connectivity index (χ3n) is 2.59. The third kappa shape index (κ3) is 3.43.